The normalized spacial score (nSPS) is 16.6. The average molecular weight is 788 g/mol. The van der Waals surface area contributed by atoms with Crippen molar-refractivity contribution in [2.24, 2.45) is 0 Å². The lowest BCUT2D eigenvalue weighted by molar-refractivity contribution is -0.136. The van der Waals surface area contributed by atoms with Gasteiger partial charge in [0, 0.05) is 56.1 Å². The highest BCUT2D eigenvalue weighted by Gasteiger charge is 2.45. The molecular weight excluding hydrogens is 738 g/mol. The van der Waals surface area contributed by atoms with Crippen molar-refractivity contribution in [3.05, 3.63) is 70.9 Å². The lowest BCUT2D eigenvalue weighted by Crippen LogP contribution is -2.54. The van der Waals surface area contributed by atoms with Crippen LogP contribution in [0.5, 0.6) is 5.75 Å². The SMILES string of the molecule is O=C(COc1ccc(CC(=O)Nc2cc(C3CCC3)[nH]n2)cc1)NCCCOCCOCCOCCCNc1cccc2c1C(=O)N(C1CCC(=O)NC1=O)C2=O. The second-order valence-electron chi connectivity index (χ2n) is 14.0. The van der Waals surface area contributed by atoms with Crippen molar-refractivity contribution in [1.29, 1.82) is 0 Å². The van der Waals surface area contributed by atoms with Gasteiger partial charge < -0.3 is 34.9 Å². The van der Waals surface area contributed by atoms with Gasteiger partial charge in [0.1, 0.15) is 11.8 Å². The Labute approximate surface area is 329 Å². The standard InChI is InChI=1S/C40H49N7O10/c48-34-14-13-32(38(51)44-34)47-39(52)29-7-2-8-30(37(29)40(47)53)41-15-3-17-54-19-21-56-22-20-55-18-4-16-42-36(50)25-57-28-11-9-26(10-12-28)23-35(49)43-33-24-31(45-46-33)27-5-1-6-27/h2,7-12,24,27,32,41H,1,3-6,13-23,25H2,(H,42,50)(H,44,48,51)(H2,43,45,46,49). The van der Waals surface area contributed by atoms with Crippen LogP contribution in [0, 0.1) is 0 Å². The number of H-pyrrole nitrogens is 1. The smallest absolute Gasteiger partial charge is 0.264 e. The monoisotopic (exact) mass is 787 g/mol. The molecule has 1 saturated heterocycles. The van der Waals surface area contributed by atoms with Crippen molar-refractivity contribution in [3.8, 4) is 5.75 Å². The fraction of sp³-hybridized carbons (Fsp3) is 0.475. The van der Waals surface area contributed by atoms with E-state index in [0.717, 1.165) is 29.0 Å². The maximum Gasteiger partial charge on any atom is 0.264 e. The van der Waals surface area contributed by atoms with Crippen LogP contribution in [0.4, 0.5) is 11.5 Å². The summed E-state index contributed by atoms with van der Waals surface area (Å²) in [5.41, 5.74) is 2.84. The molecule has 2 fully saturated rings. The third-order valence-electron chi connectivity index (χ3n) is 9.85. The summed E-state index contributed by atoms with van der Waals surface area (Å²) in [5.74, 6) is -0.980. The summed E-state index contributed by atoms with van der Waals surface area (Å²) >= 11 is 0. The van der Waals surface area contributed by atoms with Crippen molar-refractivity contribution < 1.29 is 47.7 Å². The first kappa shape index (κ1) is 41.0. The van der Waals surface area contributed by atoms with Gasteiger partial charge in [-0.25, -0.2) is 0 Å². The van der Waals surface area contributed by atoms with E-state index in [0.29, 0.717) is 88.7 Å². The van der Waals surface area contributed by atoms with Crippen molar-refractivity contribution in [2.75, 3.05) is 70.0 Å². The Hall–Kier alpha value is -5.65. The summed E-state index contributed by atoms with van der Waals surface area (Å²) in [6.45, 7) is 3.34. The number of piperidine rings is 1. The van der Waals surface area contributed by atoms with E-state index in [1.165, 1.54) is 6.42 Å². The van der Waals surface area contributed by atoms with Crippen LogP contribution in [-0.2, 0) is 39.8 Å². The topological polar surface area (TPSA) is 219 Å². The molecule has 0 radical (unpaired) electrons. The van der Waals surface area contributed by atoms with Crippen LogP contribution in [0.1, 0.15) is 82.8 Å². The number of anilines is 2. The van der Waals surface area contributed by atoms with Gasteiger partial charge in [-0.15, -0.1) is 0 Å². The molecule has 17 heteroatoms. The van der Waals surface area contributed by atoms with Gasteiger partial charge in [0.15, 0.2) is 12.4 Å². The molecule has 0 bridgehead atoms. The highest BCUT2D eigenvalue weighted by Crippen LogP contribution is 2.36. The number of amides is 6. The molecule has 0 spiro atoms. The van der Waals surface area contributed by atoms with Gasteiger partial charge in [-0.3, -0.25) is 44.1 Å². The minimum atomic E-state index is -1.01. The number of carbonyl (C=O) groups is 6. The zero-order valence-corrected chi connectivity index (χ0v) is 31.8. The molecule has 1 aliphatic carbocycles. The minimum absolute atomic E-state index is 0.0636. The number of benzene rings is 2. The molecule has 6 amide bonds. The van der Waals surface area contributed by atoms with E-state index in [-0.39, 0.29) is 48.8 Å². The van der Waals surface area contributed by atoms with E-state index < -0.39 is 29.7 Å². The molecule has 5 N–H and O–H groups in total. The zero-order chi connectivity index (χ0) is 40.0. The van der Waals surface area contributed by atoms with E-state index in [1.807, 2.05) is 6.07 Å². The molecule has 3 aliphatic rings. The summed E-state index contributed by atoms with van der Waals surface area (Å²) in [6.07, 6.45) is 5.17. The van der Waals surface area contributed by atoms with Crippen molar-refractivity contribution in [1.82, 2.24) is 25.7 Å². The van der Waals surface area contributed by atoms with Crippen LogP contribution in [0.2, 0.25) is 0 Å². The fourth-order valence-corrected chi connectivity index (χ4v) is 6.61. The van der Waals surface area contributed by atoms with E-state index >= 15 is 0 Å². The number of nitrogens with one attached hydrogen (secondary N) is 5. The average Bonchev–Trinajstić information content (AvgIpc) is 3.72. The molecule has 6 rings (SSSR count). The Kier molecular flexibility index (Phi) is 14.7. The molecule has 1 unspecified atom stereocenters. The number of ether oxygens (including phenoxy) is 4. The lowest BCUT2D eigenvalue weighted by atomic mass is 9.83. The molecule has 2 aromatic carbocycles. The van der Waals surface area contributed by atoms with Crippen molar-refractivity contribution in [2.45, 2.75) is 63.3 Å². The van der Waals surface area contributed by atoms with Gasteiger partial charge >= 0.3 is 0 Å². The third kappa shape index (κ3) is 11.5. The van der Waals surface area contributed by atoms with Gasteiger partial charge in [0.25, 0.3) is 17.7 Å². The quantitative estimate of drug-likeness (QED) is 0.0692. The molecule has 1 atom stereocenters. The van der Waals surface area contributed by atoms with Crippen LogP contribution in [-0.4, -0.2) is 116 Å². The number of hydrogen-bond acceptors (Lipinski definition) is 12. The Balaban J connectivity index is 0.730. The van der Waals surface area contributed by atoms with E-state index in [9.17, 15) is 28.8 Å². The van der Waals surface area contributed by atoms with Crippen LogP contribution >= 0.6 is 0 Å². The second-order valence-corrected chi connectivity index (χ2v) is 14.0. The molecular formula is C40H49N7O10. The number of rotatable bonds is 23. The summed E-state index contributed by atoms with van der Waals surface area (Å²) < 4.78 is 22.3. The predicted octanol–water partition coefficient (Wildman–Crippen LogP) is 2.70. The van der Waals surface area contributed by atoms with E-state index in [1.54, 1.807) is 42.5 Å². The van der Waals surface area contributed by atoms with Gasteiger partial charge in [-0.1, -0.05) is 24.6 Å². The minimum Gasteiger partial charge on any atom is -0.484 e. The number of aromatic amines is 1. The first-order valence-electron chi connectivity index (χ1n) is 19.4. The first-order valence-corrected chi connectivity index (χ1v) is 19.4. The molecule has 1 aromatic heterocycles. The third-order valence-corrected chi connectivity index (χ3v) is 9.85. The predicted molar refractivity (Wildman–Crippen MR) is 206 cm³/mol. The number of hydrogen-bond donors (Lipinski definition) is 5. The van der Waals surface area contributed by atoms with Gasteiger partial charge in [-0.2, -0.15) is 5.10 Å². The van der Waals surface area contributed by atoms with Gasteiger partial charge in [0.05, 0.1) is 44.0 Å². The van der Waals surface area contributed by atoms with Crippen molar-refractivity contribution >= 4 is 46.9 Å². The van der Waals surface area contributed by atoms with Gasteiger partial charge in [0.2, 0.25) is 17.7 Å². The van der Waals surface area contributed by atoms with Crippen LogP contribution in [0.3, 0.4) is 0 Å². The highest BCUT2D eigenvalue weighted by atomic mass is 16.5. The van der Waals surface area contributed by atoms with Crippen molar-refractivity contribution in [3.63, 3.8) is 0 Å². The maximum atomic E-state index is 13.2. The zero-order valence-electron chi connectivity index (χ0n) is 31.8. The molecule has 57 heavy (non-hydrogen) atoms. The van der Waals surface area contributed by atoms with E-state index in [4.69, 9.17) is 18.9 Å². The number of nitrogens with zero attached hydrogens (tertiary/aromatic N) is 2. The number of imide groups is 2. The summed E-state index contributed by atoms with van der Waals surface area (Å²) in [5, 5.41) is 18.2. The Morgan fingerprint density at radius 1 is 0.825 bits per heavy atom. The molecule has 3 heterocycles. The molecule has 1 saturated carbocycles. The maximum absolute atomic E-state index is 13.2. The van der Waals surface area contributed by atoms with E-state index in [2.05, 4.69) is 31.5 Å². The fourth-order valence-electron chi connectivity index (χ4n) is 6.61. The molecule has 17 nitrogen and oxygen atoms in total. The number of carbonyl (C=O) groups excluding carboxylic acids is 6. The summed E-state index contributed by atoms with van der Waals surface area (Å²) in [7, 11) is 0. The molecule has 2 aliphatic heterocycles. The second kappa shape index (κ2) is 20.5. The Bertz CT molecular complexity index is 1890. The molecule has 304 valence electrons. The lowest BCUT2D eigenvalue weighted by Gasteiger charge is -2.27. The highest BCUT2D eigenvalue weighted by molar-refractivity contribution is 6.25. The number of fused-ring (bicyclic) bond motifs is 1. The van der Waals surface area contributed by atoms with Crippen LogP contribution in [0.15, 0.2) is 48.5 Å². The Morgan fingerprint density at radius 2 is 1.54 bits per heavy atom. The van der Waals surface area contributed by atoms with Crippen LogP contribution < -0.4 is 26.0 Å². The van der Waals surface area contributed by atoms with Crippen LogP contribution in [0.25, 0.3) is 0 Å². The summed E-state index contributed by atoms with van der Waals surface area (Å²) in [6, 6.07) is 12.9. The summed E-state index contributed by atoms with van der Waals surface area (Å²) in [4.78, 5) is 75.6. The first-order chi connectivity index (χ1) is 27.8. The number of aromatic nitrogens is 2. The Morgan fingerprint density at radius 3 is 2.25 bits per heavy atom. The largest absolute Gasteiger partial charge is 0.484 e. The van der Waals surface area contributed by atoms with Gasteiger partial charge in [-0.05, 0) is 61.9 Å². The molecule has 3 aromatic rings.